The molecule has 2 aromatic rings. The van der Waals surface area contributed by atoms with E-state index in [9.17, 15) is 22.8 Å². The van der Waals surface area contributed by atoms with E-state index in [0.717, 1.165) is 18.6 Å². The van der Waals surface area contributed by atoms with Gasteiger partial charge in [0.05, 0.1) is 17.3 Å². The van der Waals surface area contributed by atoms with Crippen LogP contribution in [-0.4, -0.2) is 46.4 Å². The molecule has 0 aliphatic carbocycles. The zero-order chi connectivity index (χ0) is 24.5. The van der Waals surface area contributed by atoms with Crippen LogP contribution >= 0.6 is 0 Å². The van der Waals surface area contributed by atoms with Crippen molar-refractivity contribution in [1.82, 2.24) is 15.1 Å². The number of hydrogen-bond acceptors (Lipinski definition) is 3. The SMILES string of the molecule is CCC(C)C1NC2(CCN(C(=O)c3ccccc3)CC2)N(Cc2cccc(C(F)(F)F)c2)C1=O. The molecule has 34 heavy (non-hydrogen) atoms. The fraction of sp³-hybridized carbons (Fsp3) is 0.462. The van der Waals surface area contributed by atoms with Crippen LogP contribution in [0, 0.1) is 5.92 Å². The Morgan fingerprint density at radius 1 is 1.12 bits per heavy atom. The number of amides is 2. The van der Waals surface area contributed by atoms with Crippen molar-refractivity contribution in [3.05, 3.63) is 71.3 Å². The zero-order valence-corrected chi connectivity index (χ0v) is 19.4. The quantitative estimate of drug-likeness (QED) is 0.686. The standard InChI is InChI=1S/C26H30F3N3O2/c1-3-18(2)22-24(34)32(17-19-8-7-11-21(16-19)26(27,28)29)25(30-22)12-14-31(15-13-25)23(33)20-9-5-4-6-10-20/h4-11,16,18,22,30H,3,12-15,17H2,1-2H3. The van der Waals surface area contributed by atoms with Gasteiger partial charge in [0.15, 0.2) is 0 Å². The Morgan fingerprint density at radius 3 is 2.41 bits per heavy atom. The van der Waals surface area contributed by atoms with Gasteiger partial charge in [0, 0.05) is 38.0 Å². The van der Waals surface area contributed by atoms with Crippen molar-refractivity contribution in [2.75, 3.05) is 13.1 Å². The van der Waals surface area contributed by atoms with Crippen molar-refractivity contribution in [3.8, 4) is 0 Å². The summed E-state index contributed by atoms with van der Waals surface area (Å²) in [6.07, 6.45) is -2.61. The van der Waals surface area contributed by atoms with Gasteiger partial charge in [-0.3, -0.25) is 14.9 Å². The second-order valence-corrected chi connectivity index (χ2v) is 9.32. The molecule has 2 atom stereocenters. The molecule has 2 aliphatic heterocycles. The predicted octanol–water partition coefficient (Wildman–Crippen LogP) is 4.68. The Kier molecular flexibility index (Phi) is 6.71. The number of carbonyl (C=O) groups excluding carboxylic acids is 2. The summed E-state index contributed by atoms with van der Waals surface area (Å²) in [7, 11) is 0. The highest BCUT2D eigenvalue weighted by atomic mass is 19.4. The smallest absolute Gasteiger partial charge is 0.338 e. The molecular formula is C26H30F3N3O2. The summed E-state index contributed by atoms with van der Waals surface area (Å²) in [5.74, 6) is -0.0582. The maximum Gasteiger partial charge on any atom is 0.416 e. The highest BCUT2D eigenvalue weighted by molar-refractivity contribution is 5.94. The first-order valence-electron chi connectivity index (χ1n) is 11.7. The van der Waals surface area contributed by atoms with Crippen LogP contribution < -0.4 is 5.32 Å². The minimum Gasteiger partial charge on any atom is -0.338 e. The van der Waals surface area contributed by atoms with E-state index in [4.69, 9.17) is 0 Å². The average Bonchev–Trinajstić information content (AvgIpc) is 3.10. The summed E-state index contributed by atoms with van der Waals surface area (Å²) in [6, 6.07) is 13.8. The van der Waals surface area contributed by atoms with E-state index < -0.39 is 23.4 Å². The molecule has 182 valence electrons. The Balaban J connectivity index is 1.57. The third kappa shape index (κ3) is 4.69. The van der Waals surface area contributed by atoms with E-state index in [2.05, 4.69) is 5.32 Å². The summed E-state index contributed by atoms with van der Waals surface area (Å²) < 4.78 is 39.7. The van der Waals surface area contributed by atoms with Gasteiger partial charge in [0.25, 0.3) is 5.91 Å². The number of carbonyl (C=O) groups is 2. The van der Waals surface area contributed by atoms with Crippen LogP contribution in [0.3, 0.4) is 0 Å². The van der Waals surface area contributed by atoms with Crippen molar-refractivity contribution < 1.29 is 22.8 Å². The lowest BCUT2D eigenvalue weighted by Gasteiger charge is -2.45. The van der Waals surface area contributed by atoms with Crippen LogP contribution in [0.4, 0.5) is 13.2 Å². The van der Waals surface area contributed by atoms with Gasteiger partial charge in [-0.05, 0) is 35.7 Å². The monoisotopic (exact) mass is 473 g/mol. The highest BCUT2D eigenvalue weighted by Gasteiger charge is 2.52. The number of likely N-dealkylation sites (tertiary alicyclic amines) is 1. The van der Waals surface area contributed by atoms with Gasteiger partial charge >= 0.3 is 6.18 Å². The number of piperidine rings is 1. The Hall–Kier alpha value is -2.87. The molecule has 2 fully saturated rings. The Morgan fingerprint density at radius 2 is 1.79 bits per heavy atom. The van der Waals surface area contributed by atoms with Crippen LogP contribution in [0.1, 0.15) is 54.6 Å². The van der Waals surface area contributed by atoms with Crippen LogP contribution in [0.5, 0.6) is 0 Å². The van der Waals surface area contributed by atoms with E-state index in [1.165, 1.54) is 6.07 Å². The minimum atomic E-state index is -4.44. The van der Waals surface area contributed by atoms with Crippen molar-refractivity contribution >= 4 is 11.8 Å². The Labute approximate surface area is 197 Å². The lowest BCUT2D eigenvalue weighted by Crippen LogP contribution is -2.59. The first kappa shape index (κ1) is 24.3. The van der Waals surface area contributed by atoms with Crippen molar-refractivity contribution in [3.63, 3.8) is 0 Å². The minimum absolute atomic E-state index is 0.0531. The molecule has 2 aliphatic rings. The molecule has 1 N–H and O–H groups in total. The molecule has 0 aromatic heterocycles. The number of nitrogens with zero attached hydrogens (tertiary/aromatic N) is 2. The normalized spacial score (nSPS) is 21.2. The molecule has 2 aromatic carbocycles. The van der Waals surface area contributed by atoms with E-state index in [0.29, 0.717) is 37.1 Å². The number of halogens is 3. The molecule has 2 saturated heterocycles. The lowest BCUT2D eigenvalue weighted by atomic mass is 9.94. The van der Waals surface area contributed by atoms with Crippen LogP contribution in [0.15, 0.2) is 54.6 Å². The number of hydrogen-bond donors (Lipinski definition) is 1. The largest absolute Gasteiger partial charge is 0.416 e. The van der Waals surface area contributed by atoms with Crippen LogP contribution in [0.25, 0.3) is 0 Å². The van der Waals surface area contributed by atoms with E-state index in [1.54, 1.807) is 28.0 Å². The second-order valence-electron chi connectivity index (χ2n) is 9.32. The average molecular weight is 474 g/mol. The summed E-state index contributed by atoms with van der Waals surface area (Å²) in [5.41, 5.74) is -0.350. The summed E-state index contributed by atoms with van der Waals surface area (Å²) >= 11 is 0. The molecule has 4 rings (SSSR count). The molecule has 2 amide bonds. The van der Waals surface area contributed by atoms with Crippen LogP contribution in [0.2, 0.25) is 0 Å². The lowest BCUT2D eigenvalue weighted by molar-refractivity contribution is -0.137. The molecule has 1 spiro atoms. The summed E-state index contributed by atoms with van der Waals surface area (Å²) in [5, 5.41) is 3.54. The number of benzene rings is 2. The van der Waals surface area contributed by atoms with Crippen molar-refractivity contribution in [2.24, 2.45) is 5.92 Å². The van der Waals surface area contributed by atoms with Gasteiger partial charge in [-0.25, -0.2) is 0 Å². The van der Waals surface area contributed by atoms with Gasteiger partial charge in [-0.15, -0.1) is 0 Å². The van der Waals surface area contributed by atoms with E-state index in [1.807, 2.05) is 32.0 Å². The topological polar surface area (TPSA) is 52.7 Å². The maximum absolute atomic E-state index is 13.5. The first-order chi connectivity index (χ1) is 16.1. The molecule has 5 nitrogen and oxygen atoms in total. The fourth-order valence-electron chi connectivity index (χ4n) is 4.94. The van der Waals surface area contributed by atoms with Gasteiger partial charge in [-0.1, -0.05) is 50.6 Å². The number of rotatable bonds is 5. The highest BCUT2D eigenvalue weighted by Crippen LogP contribution is 2.37. The molecule has 0 radical (unpaired) electrons. The third-order valence-corrected chi connectivity index (χ3v) is 7.18. The van der Waals surface area contributed by atoms with E-state index >= 15 is 0 Å². The van der Waals surface area contributed by atoms with Gasteiger partial charge < -0.3 is 9.80 Å². The van der Waals surface area contributed by atoms with Gasteiger partial charge in [0.1, 0.15) is 0 Å². The second kappa shape index (κ2) is 9.41. The van der Waals surface area contributed by atoms with Crippen molar-refractivity contribution in [1.29, 1.82) is 0 Å². The summed E-state index contributed by atoms with van der Waals surface area (Å²) in [6.45, 7) is 5.03. The molecule has 8 heteroatoms. The number of nitrogens with one attached hydrogen (secondary N) is 1. The predicted molar refractivity (Wildman–Crippen MR) is 123 cm³/mol. The van der Waals surface area contributed by atoms with Gasteiger partial charge in [0.2, 0.25) is 5.91 Å². The molecule has 0 bridgehead atoms. The zero-order valence-electron chi connectivity index (χ0n) is 19.4. The molecule has 0 saturated carbocycles. The van der Waals surface area contributed by atoms with E-state index in [-0.39, 0.29) is 24.3 Å². The summed E-state index contributed by atoms with van der Waals surface area (Å²) in [4.78, 5) is 29.9. The van der Waals surface area contributed by atoms with Gasteiger partial charge in [-0.2, -0.15) is 13.2 Å². The first-order valence-corrected chi connectivity index (χ1v) is 11.7. The third-order valence-electron chi connectivity index (χ3n) is 7.18. The fourth-order valence-corrected chi connectivity index (χ4v) is 4.94. The molecule has 2 unspecified atom stereocenters. The molecule has 2 heterocycles. The molecular weight excluding hydrogens is 443 g/mol. The maximum atomic E-state index is 13.5. The Bertz CT molecular complexity index is 1030. The number of alkyl halides is 3. The van der Waals surface area contributed by atoms with Crippen molar-refractivity contribution in [2.45, 2.75) is 57.5 Å². The van der Waals surface area contributed by atoms with Crippen LogP contribution in [-0.2, 0) is 17.5 Å².